The molecule has 0 aliphatic heterocycles. The number of ether oxygens (including phenoxy) is 1. The first-order valence-corrected chi connectivity index (χ1v) is 11.1. The zero-order chi connectivity index (χ0) is 21.5. The molecule has 3 aromatic rings. The molecule has 0 saturated carbocycles. The van der Waals surface area contributed by atoms with E-state index >= 15 is 0 Å². The molecule has 30 heavy (non-hydrogen) atoms. The lowest BCUT2D eigenvalue weighted by Gasteiger charge is -2.11. The van der Waals surface area contributed by atoms with Crippen LogP contribution in [0.15, 0.2) is 26.4 Å². The van der Waals surface area contributed by atoms with Crippen LogP contribution in [-0.2, 0) is 24.4 Å². The maximum Gasteiger partial charge on any atom is 0.407 e. The van der Waals surface area contributed by atoms with E-state index in [2.05, 4.69) is 22.2 Å². The van der Waals surface area contributed by atoms with Gasteiger partial charge in [0.2, 0.25) is 5.28 Å². The molecule has 0 spiro atoms. The van der Waals surface area contributed by atoms with Crippen molar-refractivity contribution in [3.8, 4) is 0 Å². The van der Waals surface area contributed by atoms with Crippen molar-refractivity contribution < 1.29 is 9.53 Å². The van der Waals surface area contributed by atoms with Crippen molar-refractivity contribution in [2.45, 2.75) is 52.3 Å². The van der Waals surface area contributed by atoms with E-state index < -0.39 is 17.3 Å². The topological polar surface area (TPSA) is 111 Å². The number of aromatic amines is 1. The van der Waals surface area contributed by atoms with E-state index in [1.54, 1.807) is 0 Å². The number of H-pyrrole nitrogens is 1. The van der Waals surface area contributed by atoms with Crippen LogP contribution in [-0.4, -0.2) is 31.7 Å². The Balaban J connectivity index is 1.64. The van der Waals surface area contributed by atoms with Gasteiger partial charge >= 0.3 is 11.8 Å². The van der Waals surface area contributed by atoms with Gasteiger partial charge in [-0.25, -0.2) is 9.59 Å². The highest BCUT2D eigenvalue weighted by atomic mass is 35.5. The monoisotopic (exact) mass is 453 g/mol. The zero-order valence-electron chi connectivity index (χ0n) is 16.6. The van der Waals surface area contributed by atoms with Crippen molar-refractivity contribution >= 4 is 40.2 Å². The Morgan fingerprint density at radius 3 is 2.80 bits per heavy atom. The fourth-order valence-electron chi connectivity index (χ4n) is 3.06. The fraction of sp³-hybridized carbons (Fsp3) is 0.474. The molecule has 0 aromatic carbocycles. The van der Waals surface area contributed by atoms with Crippen LogP contribution in [0, 0.1) is 0 Å². The molecule has 0 aliphatic rings. The van der Waals surface area contributed by atoms with Crippen LogP contribution in [0.5, 0.6) is 0 Å². The maximum atomic E-state index is 12.9. The molecular formula is C19H24ClN5O4S. The van der Waals surface area contributed by atoms with Crippen LogP contribution >= 0.6 is 22.9 Å². The average molecular weight is 454 g/mol. The lowest BCUT2D eigenvalue weighted by atomic mass is 10.2. The number of carbonyl (C=O) groups excluding carboxylic acids is 1. The smallest absolute Gasteiger partial charge is 0.407 e. The summed E-state index contributed by atoms with van der Waals surface area (Å²) in [6.45, 7) is 3.16. The molecule has 11 heteroatoms. The van der Waals surface area contributed by atoms with Crippen molar-refractivity contribution in [3.05, 3.63) is 48.5 Å². The molecule has 0 radical (unpaired) electrons. The van der Waals surface area contributed by atoms with E-state index in [-0.39, 0.29) is 36.1 Å². The minimum absolute atomic E-state index is 0.0681. The Bertz CT molecular complexity index is 1100. The zero-order valence-corrected chi connectivity index (χ0v) is 18.2. The molecule has 0 aliphatic carbocycles. The Kier molecular flexibility index (Phi) is 7.69. The molecule has 3 heterocycles. The summed E-state index contributed by atoms with van der Waals surface area (Å²) in [7, 11) is 0. The summed E-state index contributed by atoms with van der Waals surface area (Å²) in [5.41, 5.74) is 0.515. The van der Waals surface area contributed by atoms with Crippen LogP contribution in [0.3, 0.4) is 0 Å². The number of hydrogen-bond donors (Lipinski definition) is 2. The van der Waals surface area contributed by atoms with Crippen LogP contribution in [0.25, 0.3) is 11.2 Å². The summed E-state index contributed by atoms with van der Waals surface area (Å²) < 4.78 is 7.75. The highest BCUT2D eigenvalue weighted by molar-refractivity contribution is 7.07. The molecule has 162 valence electrons. The number of amides is 1. The van der Waals surface area contributed by atoms with Gasteiger partial charge < -0.3 is 15.0 Å². The second-order valence-electron chi connectivity index (χ2n) is 6.81. The normalized spacial score (nSPS) is 11.1. The number of thiophene rings is 1. The van der Waals surface area contributed by atoms with Crippen LogP contribution in [0.2, 0.25) is 5.28 Å². The van der Waals surface area contributed by atoms with Gasteiger partial charge in [-0.1, -0.05) is 19.8 Å². The Morgan fingerprint density at radius 1 is 1.27 bits per heavy atom. The Hall–Kier alpha value is -2.59. The number of nitrogens with one attached hydrogen (secondary N) is 2. The summed E-state index contributed by atoms with van der Waals surface area (Å²) >= 11 is 7.46. The van der Waals surface area contributed by atoms with E-state index in [1.165, 1.54) is 15.9 Å². The van der Waals surface area contributed by atoms with Crippen molar-refractivity contribution in [2.75, 3.05) is 6.54 Å². The standard InChI is InChI=1S/C19H24ClN5O4S/c1-2-3-4-8-24-15-14(22-17(20)23-15)16(26)25(19(24)28)9-5-7-21-18(27)29-11-13-6-10-30-12-13/h6,10,12H,2-5,7-9,11H2,1H3,(H,21,27)(H,22,23). The number of unbranched alkanes of at least 4 members (excludes halogenated alkanes) is 2. The third kappa shape index (κ3) is 5.31. The molecule has 0 bridgehead atoms. The van der Waals surface area contributed by atoms with Gasteiger partial charge in [0.25, 0.3) is 5.56 Å². The number of carbonyl (C=O) groups is 1. The first-order chi connectivity index (χ1) is 14.5. The summed E-state index contributed by atoms with van der Waals surface area (Å²) in [6, 6.07) is 1.88. The third-order valence-corrected chi connectivity index (χ3v) is 5.51. The van der Waals surface area contributed by atoms with Gasteiger partial charge in [0.1, 0.15) is 6.61 Å². The lowest BCUT2D eigenvalue weighted by Crippen LogP contribution is -2.41. The summed E-state index contributed by atoms with van der Waals surface area (Å²) in [4.78, 5) is 44.2. The largest absolute Gasteiger partial charge is 0.445 e. The molecule has 0 unspecified atom stereocenters. The quantitative estimate of drug-likeness (QED) is 0.362. The number of rotatable bonds is 10. The number of aromatic nitrogens is 4. The number of aryl methyl sites for hydroxylation is 1. The van der Waals surface area contributed by atoms with Crippen LogP contribution in [0.4, 0.5) is 4.79 Å². The summed E-state index contributed by atoms with van der Waals surface area (Å²) in [5.74, 6) is 0. The molecule has 9 nitrogen and oxygen atoms in total. The van der Waals surface area contributed by atoms with Crippen LogP contribution in [0.1, 0.15) is 38.2 Å². The minimum Gasteiger partial charge on any atom is -0.445 e. The number of nitrogens with zero attached hydrogens (tertiary/aromatic N) is 3. The molecule has 2 N–H and O–H groups in total. The molecule has 0 atom stereocenters. The molecule has 0 fully saturated rings. The molecule has 3 aromatic heterocycles. The predicted octanol–water partition coefficient (Wildman–Crippen LogP) is 3.11. The number of halogens is 1. The molecular weight excluding hydrogens is 430 g/mol. The van der Waals surface area contributed by atoms with Gasteiger partial charge in [-0.3, -0.25) is 13.9 Å². The predicted molar refractivity (Wildman–Crippen MR) is 116 cm³/mol. The van der Waals surface area contributed by atoms with Crippen molar-refractivity contribution in [1.29, 1.82) is 0 Å². The highest BCUT2D eigenvalue weighted by Gasteiger charge is 2.16. The van der Waals surface area contributed by atoms with Gasteiger partial charge in [0.15, 0.2) is 11.2 Å². The van der Waals surface area contributed by atoms with Crippen molar-refractivity contribution in [2.24, 2.45) is 0 Å². The van der Waals surface area contributed by atoms with E-state index in [0.29, 0.717) is 13.0 Å². The maximum absolute atomic E-state index is 12.9. The number of hydrogen-bond acceptors (Lipinski definition) is 6. The second kappa shape index (κ2) is 10.4. The van der Waals surface area contributed by atoms with Crippen LogP contribution < -0.4 is 16.6 Å². The van der Waals surface area contributed by atoms with Crippen molar-refractivity contribution in [3.63, 3.8) is 0 Å². The average Bonchev–Trinajstić information content (AvgIpc) is 3.38. The van der Waals surface area contributed by atoms with E-state index in [4.69, 9.17) is 16.3 Å². The van der Waals surface area contributed by atoms with Gasteiger partial charge in [-0.2, -0.15) is 16.3 Å². The minimum atomic E-state index is -0.540. The molecule has 0 saturated heterocycles. The Morgan fingerprint density at radius 2 is 2.07 bits per heavy atom. The number of alkyl carbamates (subject to hydrolysis) is 1. The highest BCUT2D eigenvalue weighted by Crippen LogP contribution is 2.11. The first-order valence-electron chi connectivity index (χ1n) is 9.81. The third-order valence-electron chi connectivity index (χ3n) is 4.60. The molecule has 1 amide bonds. The van der Waals surface area contributed by atoms with E-state index in [1.807, 2.05) is 16.8 Å². The van der Waals surface area contributed by atoms with E-state index in [9.17, 15) is 14.4 Å². The lowest BCUT2D eigenvalue weighted by molar-refractivity contribution is 0.139. The first kappa shape index (κ1) is 22.1. The van der Waals surface area contributed by atoms with Gasteiger partial charge in [-0.05, 0) is 41.3 Å². The number of fused-ring (bicyclic) bond motifs is 1. The van der Waals surface area contributed by atoms with Gasteiger partial charge in [-0.15, -0.1) is 0 Å². The second-order valence-corrected chi connectivity index (χ2v) is 7.95. The number of imidazole rings is 1. The van der Waals surface area contributed by atoms with Crippen molar-refractivity contribution in [1.82, 2.24) is 24.4 Å². The molecule has 3 rings (SSSR count). The summed E-state index contributed by atoms with van der Waals surface area (Å²) in [6.07, 6.45) is 2.62. The SMILES string of the molecule is CCCCCn1c(=O)n(CCCNC(=O)OCc2ccsc2)c(=O)c2[nH]c(Cl)nc21. The van der Waals surface area contributed by atoms with Gasteiger partial charge in [0, 0.05) is 25.2 Å². The van der Waals surface area contributed by atoms with E-state index in [0.717, 1.165) is 29.4 Å². The summed E-state index contributed by atoms with van der Waals surface area (Å²) in [5, 5.41) is 6.51. The Labute approximate surface area is 181 Å². The van der Waals surface area contributed by atoms with Gasteiger partial charge in [0.05, 0.1) is 0 Å². The fourth-order valence-corrected chi connectivity index (χ4v) is 3.89.